The summed E-state index contributed by atoms with van der Waals surface area (Å²) < 4.78 is 1.92. The third kappa shape index (κ3) is 5.07. The summed E-state index contributed by atoms with van der Waals surface area (Å²) in [5.74, 6) is -0.308. The molecule has 0 saturated heterocycles. The van der Waals surface area contributed by atoms with Crippen molar-refractivity contribution < 1.29 is 9.90 Å². The maximum atomic E-state index is 11.4. The molecule has 0 amide bonds. The summed E-state index contributed by atoms with van der Waals surface area (Å²) in [5, 5.41) is 11.3. The van der Waals surface area contributed by atoms with Crippen molar-refractivity contribution in [1.82, 2.24) is 14.5 Å². The molecule has 0 aliphatic rings. The van der Waals surface area contributed by atoms with Gasteiger partial charge in [0.25, 0.3) is 0 Å². The van der Waals surface area contributed by atoms with Crippen LogP contribution in [0.25, 0.3) is 0 Å². The van der Waals surface area contributed by atoms with Crippen LogP contribution in [0, 0.1) is 0 Å². The Labute approximate surface area is 177 Å². The number of carboxylic acid groups (broad SMARTS) is 1. The highest BCUT2D eigenvalue weighted by Gasteiger charge is 2.22. The average Bonchev–Trinajstić information content (AvgIpc) is 2.92. The molecular weight excluding hydrogens is 417 g/mol. The molecule has 146 valence electrons. The number of benzene rings is 1. The van der Waals surface area contributed by atoms with Crippen molar-refractivity contribution >= 4 is 40.9 Å². The van der Waals surface area contributed by atoms with Crippen LogP contribution in [-0.4, -0.2) is 25.6 Å². The lowest BCUT2D eigenvalue weighted by Crippen LogP contribution is -2.11. The summed E-state index contributed by atoms with van der Waals surface area (Å²) in [7, 11) is 0. The first-order valence-electron chi connectivity index (χ1n) is 8.68. The van der Waals surface area contributed by atoms with E-state index in [-0.39, 0.29) is 12.3 Å². The molecule has 2 heterocycles. The molecule has 0 unspecified atom stereocenters. The second-order valence-corrected chi connectivity index (χ2v) is 8.49. The normalized spacial score (nSPS) is 11.2. The van der Waals surface area contributed by atoms with E-state index in [0.717, 1.165) is 21.3 Å². The van der Waals surface area contributed by atoms with Gasteiger partial charge in [-0.2, -0.15) is 0 Å². The predicted octanol–water partition coefficient (Wildman–Crippen LogP) is 5.53. The Bertz CT molecular complexity index is 970. The van der Waals surface area contributed by atoms with E-state index in [1.54, 1.807) is 12.3 Å². The molecule has 0 atom stereocenters. The average molecular weight is 436 g/mol. The van der Waals surface area contributed by atoms with Gasteiger partial charge in [-0.05, 0) is 36.2 Å². The summed E-state index contributed by atoms with van der Waals surface area (Å²) in [5.41, 5.74) is 1.67. The Morgan fingerprint density at radius 1 is 1.21 bits per heavy atom. The number of aliphatic carboxylic acids is 1. The van der Waals surface area contributed by atoms with E-state index in [1.165, 1.54) is 11.8 Å². The topological polar surface area (TPSA) is 68.0 Å². The highest BCUT2D eigenvalue weighted by Crippen LogP contribution is 2.37. The molecule has 8 heteroatoms. The summed E-state index contributed by atoms with van der Waals surface area (Å²) in [6.07, 6.45) is 1.56. The Hall–Kier alpha value is -2.02. The van der Waals surface area contributed by atoms with Crippen LogP contribution in [0.2, 0.25) is 10.0 Å². The summed E-state index contributed by atoms with van der Waals surface area (Å²) in [6.45, 7) is 4.50. The first-order valence-corrected chi connectivity index (χ1v) is 10.3. The van der Waals surface area contributed by atoms with Crippen LogP contribution in [-0.2, 0) is 17.8 Å². The van der Waals surface area contributed by atoms with Crippen LogP contribution in [0.4, 0.5) is 0 Å². The zero-order valence-corrected chi connectivity index (χ0v) is 17.7. The van der Waals surface area contributed by atoms with Gasteiger partial charge in [-0.15, -0.1) is 0 Å². The highest BCUT2D eigenvalue weighted by atomic mass is 35.5. The molecule has 28 heavy (non-hydrogen) atoms. The van der Waals surface area contributed by atoms with Gasteiger partial charge in [-0.25, -0.2) is 4.98 Å². The molecule has 1 aromatic carbocycles. The quantitative estimate of drug-likeness (QED) is 0.527. The molecule has 1 N–H and O–H groups in total. The highest BCUT2D eigenvalue weighted by molar-refractivity contribution is 7.99. The van der Waals surface area contributed by atoms with Gasteiger partial charge in [0.1, 0.15) is 17.3 Å². The van der Waals surface area contributed by atoms with E-state index in [9.17, 15) is 9.90 Å². The third-order valence-electron chi connectivity index (χ3n) is 3.98. The minimum Gasteiger partial charge on any atom is -0.481 e. The summed E-state index contributed by atoms with van der Waals surface area (Å²) >= 11 is 13.8. The van der Waals surface area contributed by atoms with E-state index in [4.69, 9.17) is 23.2 Å². The zero-order chi connectivity index (χ0) is 20.3. The standard InChI is InChI=1S/C20H19Cl2N3O2S/c1-12(2)19-20(28-16-8-13(21)7-14(22)9-16)25(17(24-19)10-18(26)27)11-15-5-3-4-6-23-15/h3-9,12H,10-11H2,1-2H3,(H,26,27). The van der Waals surface area contributed by atoms with Crippen LogP contribution >= 0.6 is 35.0 Å². The largest absolute Gasteiger partial charge is 0.481 e. The fourth-order valence-corrected chi connectivity index (χ4v) is 4.69. The molecule has 3 rings (SSSR count). The molecule has 0 saturated carbocycles. The minimum atomic E-state index is -0.926. The second-order valence-electron chi connectivity index (χ2n) is 6.56. The molecule has 0 spiro atoms. The number of carbonyl (C=O) groups is 1. The monoisotopic (exact) mass is 435 g/mol. The molecule has 2 aromatic heterocycles. The molecular formula is C20H19Cl2N3O2S. The molecule has 0 aliphatic carbocycles. The third-order valence-corrected chi connectivity index (χ3v) is 5.51. The van der Waals surface area contributed by atoms with Crippen molar-refractivity contribution in [3.05, 3.63) is 69.9 Å². The molecule has 0 bridgehead atoms. The van der Waals surface area contributed by atoms with Crippen molar-refractivity contribution in [3.63, 3.8) is 0 Å². The van der Waals surface area contributed by atoms with Crippen molar-refractivity contribution in [2.75, 3.05) is 0 Å². The van der Waals surface area contributed by atoms with Gasteiger partial charge in [0.05, 0.1) is 17.9 Å². The van der Waals surface area contributed by atoms with E-state index in [0.29, 0.717) is 22.4 Å². The molecule has 0 fully saturated rings. The summed E-state index contributed by atoms with van der Waals surface area (Å²) in [4.78, 5) is 21.3. The molecule has 5 nitrogen and oxygen atoms in total. The fraction of sp³-hybridized carbons (Fsp3) is 0.250. The van der Waals surface area contributed by atoms with Gasteiger partial charge in [0, 0.05) is 21.1 Å². The second kappa shape index (κ2) is 8.99. The number of pyridine rings is 1. The van der Waals surface area contributed by atoms with Crippen molar-refractivity contribution in [1.29, 1.82) is 0 Å². The molecule has 3 aromatic rings. The SMILES string of the molecule is CC(C)c1nc(CC(=O)O)n(Cc2ccccn2)c1Sc1cc(Cl)cc(Cl)c1. The lowest BCUT2D eigenvalue weighted by Gasteiger charge is -2.13. The molecule has 0 radical (unpaired) electrons. The van der Waals surface area contributed by atoms with Gasteiger partial charge in [-0.1, -0.05) is 54.9 Å². The Kier molecular flexibility index (Phi) is 6.65. The van der Waals surface area contributed by atoms with Crippen molar-refractivity contribution in [3.8, 4) is 0 Å². The lowest BCUT2D eigenvalue weighted by atomic mass is 10.1. The van der Waals surface area contributed by atoms with Gasteiger partial charge in [0.15, 0.2) is 0 Å². The van der Waals surface area contributed by atoms with E-state index in [1.807, 2.05) is 48.7 Å². The number of hydrogen-bond acceptors (Lipinski definition) is 4. The van der Waals surface area contributed by atoms with Crippen molar-refractivity contribution in [2.24, 2.45) is 0 Å². The number of hydrogen-bond donors (Lipinski definition) is 1. The number of nitrogens with zero attached hydrogens (tertiary/aromatic N) is 3. The maximum Gasteiger partial charge on any atom is 0.311 e. The van der Waals surface area contributed by atoms with Gasteiger partial charge < -0.3 is 9.67 Å². The van der Waals surface area contributed by atoms with Gasteiger partial charge >= 0.3 is 5.97 Å². The van der Waals surface area contributed by atoms with Gasteiger partial charge in [0.2, 0.25) is 0 Å². The number of rotatable bonds is 7. The Balaban J connectivity index is 2.11. The fourth-order valence-electron chi connectivity index (χ4n) is 2.77. The Morgan fingerprint density at radius 3 is 2.50 bits per heavy atom. The first-order chi connectivity index (χ1) is 13.3. The maximum absolute atomic E-state index is 11.4. The van der Waals surface area contributed by atoms with E-state index in [2.05, 4.69) is 9.97 Å². The van der Waals surface area contributed by atoms with Gasteiger partial charge in [-0.3, -0.25) is 9.78 Å². The van der Waals surface area contributed by atoms with Crippen LogP contribution in [0.15, 0.2) is 52.5 Å². The van der Waals surface area contributed by atoms with Crippen LogP contribution < -0.4 is 0 Å². The number of carboxylic acids is 1. The van der Waals surface area contributed by atoms with E-state index >= 15 is 0 Å². The van der Waals surface area contributed by atoms with Crippen LogP contribution in [0.5, 0.6) is 0 Å². The minimum absolute atomic E-state index is 0.120. The molecule has 0 aliphatic heterocycles. The smallest absolute Gasteiger partial charge is 0.311 e. The number of halogens is 2. The van der Waals surface area contributed by atoms with Crippen molar-refractivity contribution in [2.45, 2.75) is 42.7 Å². The number of imidazole rings is 1. The summed E-state index contributed by atoms with van der Waals surface area (Å²) in [6, 6.07) is 11.0. The van der Waals surface area contributed by atoms with Crippen LogP contribution in [0.3, 0.4) is 0 Å². The first kappa shape index (κ1) is 20.7. The van der Waals surface area contributed by atoms with E-state index < -0.39 is 5.97 Å². The zero-order valence-electron chi connectivity index (χ0n) is 15.4. The van der Waals surface area contributed by atoms with Crippen LogP contribution in [0.1, 0.15) is 37.0 Å². The Morgan fingerprint density at radius 2 is 1.93 bits per heavy atom. The lowest BCUT2D eigenvalue weighted by molar-refractivity contribution is -0.136. The number of aromatic nitrogens is 3. The predicted molar refractivity (Wildman–Crippen MR) is 112 cm³/mol.